The molecule has 0 spiro atoms. The van der Waals surface area contributed by atoms with Gasteiger partial charge in [-0.1, -0.05) is 41.9 Å². The summed E-state index contributed by atoms with van der Waals surface area (Å²) in [6, 6.07) is 18.5. The number of aromatic amines is 1. The van der Waals surface area contributed by atoms with E-state index in [1.54, 1.807) is 6.07 Å². The predicted octanol–water partition coefficient (Wildman–Crippen LogP) is 3.99. The molecule has 1 aromatic heterocycles. The van der Waals surface area contributed by atoms with E-state index in [0.29, 0.717) is 23.6 Å². The quantitative estimate of drug-likeness (QED) is 0.461. The molecule has 0 aliphatic carbocycles. The van der Waals surface area contributed by atoms with Crippen molar-refractivity contribution in [1.29, 1.82) is 0 Å². The lowest BCUT2D eigenvalue weighted by Gasteiger charge is -2.14. The summed E-state index contributed by atoms with van der Waals surface area (Å²) in [5, 5.41) is 3.36. The van der Waals surface area contributed by atoms with E-state index in [1.165, 1.54) is 30.3 Å². The summed E-state index contributed by atoms with van der Waals surface area (Å²) in [6.07, 6.45) is 1.71. The summed E-state index contributed by atoms with van der Waals surface area (Å²) in [7, 11) is -4.14. The predicted molar refractivity (Wildman–Crippen MR) is 126 cm³/mol. The van der Waals surface area contributed by atoms with Crippen LogP contribution < -0.4 is 11.0 Å². The molecule has 0 bridgehead atoms. The third-order valence-corrected chi connectivity index (χ3v) is 7.57. The van der Waals surface area contributed by atoms with Crippen molar-refractivity contribution in [3.8, 4) is 11.1 Å². The van der Waals surface area contributed by atoms with Crippen molar-refractivity contribution < 1.29 is 13.2 Å². The van der Waals surface area contributed by atoms with Crippen molar-refractivity contribution >= 4 is 33.0 Å². The Morgan fingerprint density at radius 3 is 2.42 bits per heavy atom. The Bertz CT molecular complexity index is 1540. The van der Waals surface area contributed by atoms with Crippen LogP contribution in [0.4, 0.5) is 5.69 Å². The molecule has 1 aliphatic heterocycles. The molecule has 0 fully saturated rings. The van der Waals surface area contributed by atoms with E-state index < -0.39 is 21.4 Å². The molecule has 3 aromatic carbocycles. The van der Waals surface area contributed by atoms with Crippen LogP contribution >= 0.6 is 11.6 Å². The van der Waals surface area contributed by atoms with Gasteiger partial charge in [0.15, 0.2) is 5.03 Å². The maximum absolute atomic E-state index is 13.7. The lowest BCUT2D eigenvalue weighted by atomic mass is 9.98. The van der Waals surface area contributed by atoms with Gasteiger partial charge in [-0.25, -0.2) is 17.8 Å². The highest BCUT2D eigenvalue weighted by Gasteiger charge is 2.29. The highest BCUT2D eigenvalue weighted by molar-refractivity contribution is 7.91. The number of nitrogens with one attached hydrogen (secondary N) is 2. The number of fused-ring (bicyclic) bond motifs is 1. The van der Waals surface area contributed by atoms with Gasteiger partial charge in [-0.05, 0) is 53.9 Å². The van der Waals surface area contributed by atoms with E-state index >= 15 is 0 Å². The van der Waals surface area contributed by atoms with Crippen LogP contribution in [0.3, 0.4) is 0 Å². The first-order valence-electron chi connectivity index (χ1n) is 10.2. The van der Waals surface area contributed by atoms with Crippen molar-refractivity contribution in [3.05, 3.63) is 99.6 Å². The fourth-order valence-electron chi connectivity index (χ4n) is 4.03. The maximum atomic E-state index is 13.7. The van der Waals surface area contributed by atoms with Gasteiger partial charge >= 0.3 is 5.69 Å². The third kappa shape index (κ3) is 3.67. The molecule has 0 saturated heterocycles. The first-order valence-corrected chi connectivity index (χ1v) is 12.0. The van der Waals surface area contributed by atoms with Crippen molar-refractivity contribution in [2.24, 2.45) is 0 Å². The topological polar surface area (TPSA) is 101 Å². The van der Waals surface area contributed by atoms with Gasteiger partial charge < -0.3 is 5.32 Å². The normalized spacial score (nSPS) is 12.9. The van der Waals surface area contributed by atoms with Gasteiger partial charge in [-0.2, -0.15) is 0 Å². The highest BCUT2D eigenvalue weighted by atomic mass is 35.5. The molecule has 7 nitrogen and oxygen atoms in total. The van der Waals surface area contributed by atoms with Gasteiger partial charge in [0, 0.05) is 28.4 Å². The Hall–Kier alpha value is -3.62. The second kappa shape index (κ2) is 8.06. The molecule has 0 saturated carbocycles. The molecule has 0 radical (unpaired) electrons. The molecule has 0 unspecified atom stereocenters. The van der Waals surface area contributed by atoms with Gasteiger partial charge in [-0.3, -0.25) is 9.78 Å². The number of sulfone groups is 1. The van der Waals surface area contributed by atoms with Crippen LogP contribution in [0.15, 0.2) is 87.6 Å². The van der Waals surface area contributed by atoms with Gasteiger partial charge in [0.2, 0.25) is 9.84 Å². The van der Waals surface area contributed by atoms with Crippen LogP contribution in [-0.2, 0) is 16.3 Å². The minimum Gasteiger partial charge on any atom is -0.384 e. The lowest BCUT2D eigenvalue weighted by Crippen LogP contribution is -2.24. The van der Waals surface area contributed by atoms with Crippen molar-refractivity contribution in [3.63, 3.8) is 0 Å². The van der Waals surface area contributed by atoms with Gasteiger partial charge in [0.25, 0.3) is 5.91 Å². The molecular weight excluding hydrogens is 462 g/mol. The molecule has 2 N–H and O–H groups in total. The average molecular weight is 480 g/mol. The summed E-state index contributed by atoms with van der Waals surface area (Å²) in [6.45, 7) is 0.710. The van der Waals surface area contributed by atoms with Gasteiger partial charge in [-0.15, -0.1) is 0 Å². The first kappa shape index (κ1) is 21.2. The second-order valence-electron chi connectivity index (χ2n) is 7.62. The highest BCUT2D eigenvalue weighted by Crippen LogP contribution is 2.39. The number of halogens is 1. The van der Waals surface area contributed by atoms with E-state index in [2.05, 4.69) is 10.3 Å². The van der Waals surface area contributed by atoms with E-state index in [4.69, 9.17) is 11.6 Å². The van der Waals surface area contributed by atoms with Crippen molar-refractivity contribution in [2.75, 3.05) is 11.9 Å². The molecule has 0 atom stereocenters. The van der Waals surface area contributed by atoms with Gasteiger partial charge in [0.05, 0.1) is 11.1 Å². The fraction of sp³-hybridized carbons (Fsp3) is 0.0833. The smallest absolute Gasteiger partial charge is 0.333 e. The fourth-order valence-corrected chi connectivity index (χ4v) is 5.62. The maximum Gasteiger partial charge on any atom is 0.333 e. The van der Waals surface area contributed by atoms with E-state index in [0.717, 1.165) is 27.6 Å². The number of aromatic nitrogens is 2. The van der Waals surface area contributed by atoms with Crippen LogP contribution in [0.5, 0.6) is 0 Å². The summed E-state index contributed by atoms with van der Waals surface area (Å²) < 4.78 is 28.1. The van der Waals surface area contributed by atoms with E-state index in [-0.39, 0.29) is 15.5 Å². The number of imidazole rings is 1. The summed E-state index contributed by atoms with van der Waals surface area (Å²) in [5.41, 5.74) is 2.51. The number of hydrogen-bond acceptors (Lipinski definition) is 5. The molecule has 2 heterocycles. The number of benzene rings is 3. The molecule has 33 heavy (non-hydrogen) atoms. The minimum atomic E-state index is -4.14. The SMILES string of the molecule is O=C(c1ccc(Cl)cc1)n1cc(S(=O)(=O)c2ccc3c(c2-c2ccccc2)CCN3)[nH]c1=O. The zero-order chi connectivity index (χ0) is 23.2. The molecule has 4 aromatic rings. The van der Waals surface area contributed by atoms with Crippen LogP contribution in [0.25, 0.3) is 11.1 Å². The van der Waals surface area contributed by atoms with E-state index in [1.807, 2.05) is 30.3 Å². The monoisotopic (exact) mass is 479 g/mol. The number of rotatable bonds is 4. The number of carbonyl (C=O) groups excluding carboxylic acids is 1. The van der Waals surface area contributed by atoms with Crippen LogP contribution in [-0.4, -0.2) is 30.4 Å². The summed E-state index contributed by atoms with van der Waals surface area (Å²) in [5.74, 6) is -0.657. The van der Waals surface area contributed by atoms with Crippen molar-refractivity contribution in [2.45, 2.75) is 16.3 Å². The van der Waals surface area contributed by atoms with Crippen molar-refractivity contribution in [1.82, 2.24) is 9.55 Å². The van der Waals surface area contributed by atoms with Gasteiger partial charge in [0.1, 0.15) is 0 Å². The number of H-pyrrole nitrogens is 1. The third-order valence-electron chi connectivity index (χ3n) is 5.61. The Labute approximate surface area is 194 Å². The number of nitrogens with zero attached hydrogens (tertiary/aromatic N) is 1. The molecule has 1 aliphatic rings. The number of hydrogen-bond donors (Lipinski definition) is 2. The largest absolute Gasteiger partial charge is 0.384 e. The molecule has 5 rings (SSSR count). The first-order chi connectivity index (χ1) is 15.9. The molecule has 166 valence electrons. The lowest BCUT2D eigenvalue weighted by molar-refractivity contribution is 0.0956. The Balaban J connectivity index is 1.64. The minimum absolute atomic E-state index is 0.0727. The Morgan fingerprint density at radius 1 is 0.970 bits per heavy atom. The zero-order valence-corrected chi connectivity index (χ0v) is 18.8. The molecule has 9 heteroatoms. The van der Waals surface area contributed by atoms with Crippen LogP contribution in [0.2, 0.25) is 5.02 Å². The Kier molecular flexibility index (Phi) is 5.19. The standard InChI is InChI=1S/C24H18ClN3O4S/c25-17-8-6-16(7-9-17)23(29)28-14-21(27-24(28)30)33(31,32)20-11-10-19-18(12-13-26-19)22(20)15-4-2-1-3-5-15/h1-11,14,26H,12-13H2,(H,27,30). The number of anilines is 1. The molecule has 0 amide bonds. The summed E-state index contributed by atoms with van der Waals surface area (Å²) in [4.78, 5) is 27.7. The number of carbonyl (C=O) groups is 1. The Morgan fingerprint density at radius 2 is 1.70 bits per heavy atom. The average Bonchev–Trinajstić information content (AvgIpc) is 3.46. The van der Waals surface area contributed by atoms with Crippen LogP contribution in [0, 0.1) is 0 Å². The van der Waals surface area contributed by atoms with E-state index in [9.17, 15) is 18.0 Å². The second-order valence-corrected chi connectivity index (χ2v) is 9.94. The van der Waals surface area contributed by atoms with Crippen LogP contribution in [0.1, 0.15) is 15.9 Å². The summed E-state index contributed by atoms with van der Waals surface area (Å²) >= 11 is 5.86. The molecular formula is C24H18ClN3O4S. The zero-order valence-electron chi connectivity index (χ0n) is 17.2.